The van der Waals surface area contributed by atoms with E-state index in [1.807, 2.05) is 0 Å². The molecule has 0 aromatic heterocycles. The van der Waals surface area contributed by atoms with Crippen molar-refractivity contribution < 1.29 is 32.7 Å². The second-order valence-corrected chi connectivity index (χ2v) is 5.50. The Morgan fingerprint density at radius 1 is 0.773 bits per heavy atom. The first-order chi connectivity index (χ1) is 7.20. The summed E-state index contributed by atoms with van der Waals surface area (Å²) >= 11 is 0. The average molecular weight is 415 g/mol. The fourth-order valence-electron chi connectivity index (χ4n) is 1.76. The van der Waals surface area contributed by atoms with E-state index >= 15 is 0 Å². The van der Waals surface area contributed by atoms with E-state index in [0.717, 1.165) is 11.8 Å². The van der Waals surface area contributed by atoms with E-state index in [9.17, 15) is 0 Å². The van der Waals surface area contributed by atoms with Gasteiger partial charge in [-0.2, -0.15) is 12.8 Å². The summed E-state index contributed by atoms with van der Waals surface area (Å²) in [6.07, 6.45) is 13.3. The number of hydrogen-bond donors (Lipinski definition) is 0. The molecule has 0 N–H and O–H groups in total. The van der Waals surface area contributed by atoms with Crippen LogP contribution in [0.25, 0.3) is 0 Å². The van der Waals surface area contributed by atoms with E-state index in [1.54, 1.807) is 0 Å². The molecule has 0 rings (SSSR count). The first-order valence-corrected chi connectivity index (χ1v) is 7.54. The van der Waals surface area contributed by atoms with Crippen LogP contribution in [0.2, 0.25) is 0 Å². The maximum absolute atomic E-state index is 2.84. The zero-order chi connectivity index (χ0) is 11.5. The molecule has 2 heteroatoms. The van der Waals surface area contributed by atoms with Crippen molar-refractivity contribution in [1.82, 2.24) is 0 Å². The monoisotopic (exact) mass is 414 g/mol. The normalized spacial score (nSPS) is 10.4. The van der Waals surface area contributed by atoms with Crippen LogP contribution in [0.1, 0.15) is 110 Å². The molecule has 0 heterocycles. The largest absolute Gasteiger partial charge is 0.328 e. The van der Waals surface area contributed by atoms with E-state index in [4.69, 9.17) is 0 Å². The fourth-order valence-corrected chi connectivity index (χ4v) is 2.00. The summed E-state index contributed by atoms with van der Waals surface area (Å²) in [6, 6.07) is 0. The molecule has 143 valence electrons. The molecule has 0 saturated carbocycles. The molecular formula is C20H54PY-. The first kappa shape index (κ1) is 49.5. The first-order valence-electron chi connectivity index (χ1n) is 6.72. The minimum atomic E-state index is 0. The van der Waals surface area contributed by atoms with Crippen LogP contribution >= 0.6 is 9.24 Å². The summed E-state index contributed by atoms with van der Waals surface area (Å²) in [5.41, 5.74) is 0. The molecule has 0 aliphatic carbocycles. The summed E-state index contributed by atoms with van der Waals surface area (Å²) in [5, 5.41) is 0. The van der Waals surface area contributed by atoms with Crippen LogP contribution < -0.4 is 0 Å². The fraction of sp³-hybridized carbons (Fsp3) is 0.950. The van der Waals surface area contributed by atoms with Crippen LogP contribution in [0.4, 0.5) is 0 Å². The maximum Gasteiger partial charge on any atom is 0 e. The van der Waals surface area contributed by atoms with Crippen molar-refractivity contribution in [2.45, 2.75) is 110 Å². The third kappa shape index (κ3) is 37.6. The molecule has 0 aromatic rings. The molecule has 0 bridgehead atoms. The van der Waals surface area contributed by atoms with Gasteiger partial charge in [0.2, 0.25) is 0 Å². The van der Waals surface area contributed by atoms with Crippen molar-refractivity contribution in [3.63, 3.8) is 0 Å². The Hall–Kier alpha value is 1.53. The van der Waals surface area contributed by atoms with Crippen molar-refractivity contribution in [1.29, 1.82) is 0 Å². The Bertz CT molecular complexity index is 129. The van der Waals surface area contributed by atoms with Gasteiger partial charge in [-0.1, -0.05) is 97.4 Å². The molecule has 0 aromatic carbocycles. The molecule has 0 aliphatic heterocycles. The molecule has 0 nitrogen and oxygen atoms in total. The standard InChI is InChI=1S/C14H30P.6CH4.Y/c1-4-5-9-13(2)10-7-6-8-11-14(3)12-15;;;;;;;/h6,13-14H,4-5,7-12,15H2,1-3H3;6*1H4;/q-1;;;;;;;. The zero-order valence-corrected chi connectivity index (χ0v) is 15.5. The van der Waals surface area contributed by atoms with Crippen molar-refractivity contribution in [3.8, 4) is 0 Å². The molecule has 3 atom stereocenters. The molecule has 0 spiro atoms. The summed E-state index contributed by atoms with van der Waals surface area (Å²) in [4.78, 5) is 0. The van der Waals surface area contributed by atoms with Crippen LogP contribution in [-0.2, 0) is 32.7 Å². The predicted octanol–water partition coefficient (Wildman–Crippen LogP) is 8.90. The molecule has 0 fully saturated rings. The minimum Gasteiger partial charge on any atom is -0.328 e. The van der Waals surface area contributed by atoms with E-state index in [2.05, 4.69) is 36.4 Å². The summed E-state index contributed by atoms with van der Waals surface area (Å²) in [5.74, 6) is 1.81. The Morgan fingerprint density at radius 2 is 1.18 bits per heavy atom. The summed E-state index contributed by atoms with van der Waals surface area (Å²) in [7, 11) is 2.84. The van der Waals surface area contributed by atoms with Gasteiger partial charge >= 0.3 is 0 Å². The van der Waals surface area contributed by atoms with Crippen molar-refractivity contribution in [2.24, 2.45) is 11.8 Å². The van der Waals surface area contributed by atoms with E-state index in [0.29, 0.717) is 0 Å². The third-order valence-electron chi connectivity index (χ3n) is 3.18. The minimum absolute atomic E-state index is 0. The Kier molecular flexibility index (Phi) is 86.0. The van der Waals surface area contributed by atoms with E-state index in [-0.39, 0.29) is 77.3 Å². The molecule has 0 saturated heterocycles. The molecule has 1 radical (unpaired) electrons. The SMILES string of the molecule is C.C.C.C.C.C.CCCCC(C)CC[CH-]CCC(C)CP.[Y]. The van der Waals surface area contributed by atoms with Crippen LogP contribution in [0.5, 0.6) is 0 Å². The average Bonchev–Trinajstić information content (AvgIpc) is 2.25. The van der Waals surface area contributed by atoms with Crippen LogP contribution in [-0.4, -0.2) is 6.16 Å². The number of unbranched alkanes of at least 4 members (excludes halogenated alkanes) is 3. The van der Waals surface area contributed by atoms with Gasteiger partial charge in [-0.25, -0.2) is 0 Å². The molecule has 3 unspecified atom stereocenters. The predicted molar refractivity (Wildman–Crippen MR) is 116 cm³/mol. The molecule has 0 amide bonds. The van der Waals surface area contributed by atoms with Gasteiger partial charge in [0.15, 0.2) is 0 Å². The van der Waals surface area contributed by atoms with Gasteiger partial charge in [0, 0.05) is 32.7 Å². The quantitative estimate of drug-likeness (QED) is 0.190. The summed E-state index contributed by atoms with van der Waals surface area (Å²) in [6.45, 7) is 7.02. The topological polar surface area (TPSA) is 0 Å². The molecular weight excluding hydrogens is 360 g/mol. The van der Waals surface area contributed by atoms with Gasteiger partial charge in [-0.05, 0) is 18.0 Å². The van der Waals surface area contributed by atoms with Gasteiger partial charge in [0.25, 0.3) is 0 Å². The Morgan fingerprint density at radius 3 is 1.55 bits per heavy atom. The smallest absolute Gasteiger partial charge is 0 e. The van der Waals surface area contributed by atoms with Crippen LogP contribution in [0.15, 0.2) is 0 Å². The number of hydrogen-bond acceptors (Lipinski definition) is 0. The second kappa shape index (κ2) is 38.2. The number of rotatable bonds is 10. The molecule has 0 aliphatic rings. The zero-order valence-electron chi connectivity index (χ0n) is 11.5. The van der Waals surface area contributed by atoms with Gasteiger partial charge in [-0.15, -0.1) is 9.24 Å². The van der Waals surface area contributed by atoms with Gasteiger partial charge in [0.1, 0.15) is 0 Å². The van der Waals surface area contributed by atoms with E-state index < -0.39 is 0 Å². The van der Waals surface area contributed by atoms with Crippen LogP contribution in [0, 0.1) is 18.3 Å². The van der Waals surface area contributed by atoms with Gasteiger partial charge < -0.3 is 6.42 Å². The van der Waals surface area contributed by atoms with E-state index in [1.165, 1.54) is 51.1 Å². The Labute approximate surface area is 175 Å². The van der Waals surface area contributed by atoms with Crippen LogP contribution in [0.3, 0.4) is 0 Å². The third-order valence-corrected chi connectivity index (χ3v) is 3.98. The maximum atomic E-state index is 2.84. The van der Waals surface area contributed by atoms with Crippen molar-refractivity contribution in [2.75, 3.05) is 6.16 Å². The summed E-state index contributed by atoms with van der Waals surface area (Å²) < 4.78 is 0. The van der Waals surface area contributed by atoms with Gasteiger partial charge in [0.05, 0.1) is 0 Å². The van der Waals surface area contributed by atoms with Gasteiger partial charge in [-0.3, -0.25) is 0 Å². The van der Waals surface area contributed by atoms with Crippen molar-refractivity contribution in [3.05, 3.63) is 6.42 Å². The molecule has 22 heavy (non-hydrogen) atoms. The second-order valence-electron chi connectivity index (χ2n) is 5.03. The Balaban J connectivity index is -0.0000000467. The van der Waals surface area contributed by atoms with Crippen molar-refractivity contribution >= 4 is 9.24 Å².